The van der Waals surface area contributed by atoms with Crippen molar-refractivity contribution in [1.82, 2.24) is 14.5 Å². The van der Waals surface area contributed by atoms with Crippen molar-refractivity contribution in [3.05, 3.63) is 34.5 Å². The van der Waals surface area contributed by atoms with Crippen molar-refractivity contribution in [3.8, 4) is 0 Å². The number of likely N-dealkylation sites (tertiary alicyclic amines) is 1. The minimum Gasteiger partial charge on any atom is -0.324 e. The summed E-state index contributed by atoms with van der Waals surface area (Å²) in [5, 5.41) is 1.41. The number of rotatable bonds is 4. The third-order valence-corrected chi connectivity index (χ3v) is 10.6. The smallest absolute Gasteiger partial charge is 0.324 e. The predicted octanol–water partition coefficient (Wildman–Crippen LogP) is 5.17. The molecular formula is C24H34N4OS2. The number of carbonyl (C=O) groups excluding carboxylic acids is 1. The van der Waals surface area contributed by atoms with Gasteiger partial charge in [0.05, 0.1) is 10.1 Å². The van der Waals surface area contributed by atoms with E-state index in [-0.39, 0.29) is 6.03 Å². The molecule has 5 rings (SSSR count). The molecule has 0 bridgehead atoms. The highest BCUT2D eigenvalue weighted by Gasteiger charge is 2.38. The van der Waals surface area contributed by atoms with Gasteiger partial charge in [0.25, 0.3) is 0 Å². The minimum absolute atomic E-state index is 0.0121. The quantitative estimate of drug-likeness (QED) is 0.686. The lowest BCUT2D eigenvalue weighted by Crippen LogP contribution is -2.44. The second-order valence-corrected chi connectivity index (χ2v) is 11.8. The fourth-order valence-electron chi connectivity index (χ4n) is 5.82. The summed E-state index contributed by atoms with van der Waals surface area (Å²) in [5.41, 5.74) is 10.0. The molecule has 0 radical (unpaired) electrons. The molecule has 3 heterocycles. The maximum atomic E-state index is 13.0. The highest BCUT2D eigenvalue weighted by Crippen LogP contribution is 2.50. The summed E-state index contributed by atoms with van der Waals surface area (Å²) in [6, 6.07) is 5.44. The number of nitrogens with one attached hydrogen (secondary N) is 1. The monoisotopic (exact) mass is 458 g/mol. The molecule has 0 unspecified atom stereocenters. The molecule has 5 nitrogen and oxygen atoms in total. The van der Waals surface area contributed by atoms with Crippen LogP contribution < -0.4 is 5.43 Å². The molecule has 1 N–H and O–H groups in total. The van der Waals surface area contributed by atoms with Crippen molar-refractivity contribution in [2.24, 2.45) is 0 Å². The minimum atomic E-state index is -0.0121. The van der Waals surface area contributed by atoms with E-state index in [2.05, 4.69) is 64.6 Å². The van der Waals surface area contributed by atoms with Crippen molar-refractivity contribution in [1.29, 1.82) is 0 Å². The molecule has 1 aromatic heterocycles. The van der Waals surface area contributed by atoms with Crippen molar-refractivity contribution < 1.29 is 4.79 Å². The third kappa shape index (κ3) is 3.57. The molecule has 2 aliphatic heterocycles. The molecule has 2 atom stereocenters. The number of fused-ring (bicyclic) bond motifs is 2. The number of piperidine rings is 1. The number of thioether (sulfide) groups is 2. The van der Waals surface area contributed by atoms with Gasteiger partial charge in [-0.1, -0.05) is 6.07 Å². The van der Waals surface area contributed by atoms with E-state index in [9.17, 15) is 4.79 Å². The molecule has 1 aromatic carbocycles. The Morgan fingerprint density at radius 2 is 1.97 bits per heavy atom. The van der Waals surface area contributed by atoms with Gasteiger partial charge in [-0.25, -0.2) is 10.2 Å². The Balaban J connectivity index is 1.67. The average molecular weight is 459 g/mol. The van der Waals surface area contributed by atoms with Gasteiger partial charge in [0.1, 0.15) is 0 Å². The number of likely N-dealkylation sites (N-methyl/N-ethyl adjacent to an activating group) is 1. The molecular weight excluding hydrogens is 424 g/mol. The maximum Gasteiger partial charge on any atom is 0.336 e. The van der Waals surface area contributed by atoms with Crippen LogP contribution >= 0.6 is 23.5 Å². The van der Waals surface area contributed by atoms with Crippen LogP contribution in [0.25, 0.3) is 10.9 Å². The van der Waals surface area contributed by atoms with E-state index >= 15 is 0 Å². The SMILES string of the molecule is CCN(CC)C(=O)Nn1c(C)c2c3c(cc(C4SCCS4)cc31)[C@H]1CCCN(C)[C@@H]1C2. The van der Waals surface area contributed by atoms with Gasteiger partial charge in [-0.15, -0.1) is 23.5 Å². The van der Waals surface area contributed by atoms with E-state index in [0.717, 1.165) is 6.42 Å². The summed E-state index contributed by atoms with van der Waals surface area (Å²) < 4.78 is 2.60. The van der Waals surface area contributed by atoms with Gasteiger partial charge in [-0.3, -0.25) is 4.68 Å². The number of amides is 2. The van der Waals surface area contributed by atoms with Crippen LogP contribution in [0.4, 0.5) is 4.79 Å². The molecule has 2 fully saturated rings. The van der Waals surface area contributed by atoms with Gasteiger partial charge in [0, 0.05) is 47.6 Å². The van der Waals surface area contributed by atoms with Gasteiger partial charge in [-0.05, 0) is 76.4 Å². The molecule has 2 aromatic rings. The summed E-state index contributed by atoms with van der Waals surface area (Å²) in [4.78, 5) is 17.4. The lowest BCUT2D eigenvalue weighted by molar-refractivity contribution is 0.157. The van der Waals surface area contributed by atoms with E-state index in [4.69, 9.17) is 0 Å². The van der Waals surface area contributed by atoms with Crippen molar-refractivity contribution >= 4 is 40.5 Å². The second kappa shape index (κ2) is 8.56. The highest BCUT2D eigenvalue weighted by molar-refractivity contribution is 8.19. The van der Waals surface area contributed by atoms with E-state index < -0.39 is 0 Å². The first-order valence-corrected chi connectivity index (χ1v) is 13.8. The Morgan fingerprint density at radius 1 is 1.23 bits per heavy atom. The molecule has 1 aliphatic carbocycles. The average Bonchev–Trinajstić information content (AvgIpc) is 3.39. The first kappa shape index (κ1) is 21.5. The number of aromatic nitrogens is 1. The van der Waals surface area contributed by atoms with Crippen LogP contribution in [0.15, 0.2) is 12.1 Å². The lowest BCUT2D eigenvalue weighted by atomic mass is 9.74. The Kier molecular flexibility index (Phi) is 5.95. The molecule has 0 spiro atoms. The zero-order valence-corrected chi connectivity index (χ0v) is 20.7. The van der Waals surface area contributed by atoms with Gasteiger partial charge in [0.2, 0.25) is 0 Å². The zero-order chi connectivity index (χ0) is 21.7. The Hall–Kier alpha value is -1.31. The number of hydrogen-bond donors (Lipinski definition) is 1. The fourth-order valence-corrected chi connectivity index (χ4v) is 8.64. The molecule has 2 amide bonds. The molecule has 7 heteroatoms. The van der Waals surface area contributed by atoms with Crippen LogP contribution in [0.2, 0.25) is 0 Å². The maximum absolute atomic E-state index is 13.0. The molecule has 3 aliphatic rings. The van der Waals surface area contributed by atoms with Crippen LogP contribution in [0.3, 0.4) is 0 Å². The van der Waals surface area contributed by atoms with E-state index in [1.54, 1.807) is 0 Å². The first-order valence-electron chi connectivity index (χ1n) is 11.7. The molecule has 168 valence electrons. The van der Waals surface area contributed by atoms with Crippen LogP contribution in [0.1, 0.15) is 59.6 Å². The van der Waals surface area contributed by atoms with Crippen LogP contribution in [0, 0.1) is 6.92 Å². The van der Waals surface area contributed by atoms with E-state index in [0.29, 0.717) is 29.6 Å². The molecule has 31 heavy (non-hydrogen) atoms. The van der Waals surface area contributed by atoms with Gasteiger partial charge in [-0.2, -0.15) is 0 Å². The number of nitrogens with zero attached hydrogens (tertiary/aromatic N) is 3. The normalized spacial score (nSPS) is 23.9. The summed E-state index contributed by atoms with van der Waals surface area (Å²) in [6.07, 6.45) is 3.62. The zero-order valence-electron chi connectivity index (χ0n) is 19.1. The fraction of sp³-hybridized carbons (Fsp3) is 0.625. The summed E-state index contributed by atoms with van der Waals surface area (Å²) in [7, 11) is 2.29. The van der Waals surface area contributed by atoms with Crippen molar-refractivity contribution in [2.75, 3.05) is 43.6 Å². The molecule has 0 saturated carbocycles. The number of benzene rings is 1. The summed E-state index contributed by atoms with van der Waals surface area (Å²) in [6.45, 7) is 8.88. The van der Waals surface area contributed by atoms with Crippen LogP contribution in [-0.2, 0) is 6.42 Å². The number of hydrogen-bond acceptors (Lipinski definition) is 4. The van der Waals surface area contributed by atoms with Gasteiger partial charge in [0.15, 0.2) is 0 Å². The van der Waals surface area contributed by atoms with Gasteiger partial charge < -0.3 is 9.80 Å². The first-order chi connectivity index (χ1) is 15.0. The van der Waals surface area contributed by atoms with Crippen LogP contribution in [-0.4, -0.2) is 64.7 Å². The number of urea groups is 1. The predicted molar refractivity (Wildman–Crippen MR) is 134 cm³/mol. The Morgan fingerprint density at radius 3 is 2.68 bits per heavy atom. The van der Waals surface area contributed by atoms with Gasteiger partial charge >= 0.3 is 6.03 Å². The van der Waals surface area contributed by atoms with E-state index in [1.165, 1.54) is 64.2 Å². The molecule has 2 saturated heterocycles. The largest absolute Gasteiger partial charge is 0.336 e. The third-order valence-electron chi connectivity index (χ3n) is 7.51. The summed E-state index contributed by atoms with van der Waals surface area (Å²) in [5.74, 6) is 3.04. The Bertz CT molecular complexity index is 993. The second-order valence-electron chi connectivity index (χ2n) is 9.07. The standard InChI is InChI=1S/C24H34N4OS2/c1-5-27(6-2)24(29)25-28-15(3)18-14-20-17(8-7-9-26(20)4)19-12-16(13-21(28)22(18)19)23-30-10-11-31-23/h12-13,17,20,23H,5-11,14H2,1-4H3,(H,25,29)/t17-,20-/m1/s1. The van der Waals surface area contributed by atoms with E-state index in [1.807, 2.05) is 18.7 Å². The highest BCUT2D eigenvalue weighted by atomic mass is 32.2. The lowest BCUT2D eigenvalue weighted by Gasteiger charge is -2.42. The van der Waals surface area contributed by atoms with Crippen molar-refractivity contribution in [3.63, 3.8) is 0 Å². The number of carbonyl (C=O) groups is 1. The van der Waals surface area contributed by atoms with Crippen LogP contribution in [0.5, 0.6) is 0 Å². The van der Waals surface area contributed by atoms with Crippen molar-refractivity contribution in [2.45, 2.75) is 56.6 Å². The summed E-state index contributed by atoms with van der Waals surface area (Å²) >= 11 is 4.12. The topological polar surface area (TPSA) is 40.5 Å². The Labute approximate surface area is 194 Å².